The summed E-state index contributed by atoms with van der Waals surface area (Å²) in [6, 6.07) is 5.20. The third-order valence-corrected chi connectivity index (χ3v) is 2.78. The molecule has 0 spiro atoms. The first-order valence-corrected chi connectivity index (χ1v) is 4.45. The van der Waals surface area contributed by atoms with E-state index in [0.717, 1.165) is 5.56 Å². The Morgan fingerprint density at radius 2 is 2.21 bits per heavy atom. The van der Waals surface area contributed by atoms with E-state index in [4.69, 9.17) is 16.6 Å². The van der Waals surface area contributed by atoms with Crippen LogP contribution in [0.15, 0.2) is 18.2 Å². The van der Waals surface area contributed by atoms with E-state index in [2.05, 4.69) is 0 Å². The lowest BCUT2D eigenvalue weighted by molar-refractivity contribution is -0.143. The standard InChI is InChI=1S/C10H12N2O2/c11-7-1-2-8-6(5-7)3-4-10(8,12)9(13)14/h1-2,5H,3-4,11-12H2,(H,13,14)/t10-/m1/s1. The molecule has 1 aromatic carbocycles. The van der Waals surface area contributed by atoms with E-state index in [0.29, 0.717) is 24.1 Å². The molecule has 0 saturated heterocycles. The van der Waals surface area contributed by atoms with E-state index in [-0.39, 0.29) is 0 Å². The van der Waals surface area contributed by atoms with Gasteiger partial charge in [-0.1, -0.05) is 6.07 Å². The van der Waals surface area contributed by atoms with Crippen molar-refractivity contribution in [1.29, 1.82) is 0 Å². The zero-order valence-corrected chi connectivity index (χ0v) is 7.66. The molecular weight excluding hydrogens is 180 g/mol. The average Bonchev–Trinajstić information content (AvgIpc) is 2.45. The van der Waals surface area contributed by atoms with Crippen LogP contribution in [0, 0.1) is 0 Å². The van der Waals surface area contributed by atoms with Gasteiger partial charge in [0.15, 0.2) is 0 Å². The molecule has 2 rings (SSSR count). The van der Waals surface area contributed by atoms with Gasteiger partial charge in [0.1, 0.15) is 5.54 Å². The molecule has 1 aromatic rings. The molecule has 0 aliphatic heterocycles. The van der Waals surface area contributed by atoms with Crippen molar-refractivity contribution in [2.75, 3.05) is 5.73 Å². The Labute approximate surface area is 81.5 Å². The molecular formula is C10H12N2O2. The Hall–Kier alpha value is -1.55. The highest BCUT2D eigenvalue weighted by Gasteiger charge is 2.41. The number of aryl methyl sites for hydroxylation is 1. The topological polar surface area (TPSA) is 89.3 Å². The molecule has 0 radical (unpaired) electrons. The van der Waals surface area contributed by atoms with Crippen molar-refractivity contribution in [3.05, 3.63) is 29.3 Å². The molecule has 4 nitrogen and oxygen atoms in total. The van der Waals surface area contributed by atoms with Gasteiger partial charge in [-0.2, -0.15) is 0 Å². The summed E-state index contributed by atoms with van der Waals surface area (Å²) in [4.78, 5) is 11.0. The van der Waals surface area contributed by atoms with Gasteiger partial charge < -0.3 is 16.6 Å². The highest BCUT2D eigenvalue weighted by Crippen LogP contribution is 2.35. The molecule has 4 heteroatoms. The number of rotatable bonds is 1. The van der Waals surface area contributed by atoms with Crippen LogP contribution in [0.5, 0.6) is 0 Å². The third kappa shape index (κ3) is 1.08. The fourth-order valence-electron chi connectivity index (χ4n) is 1.94. The van der Waals surface area contributed by atoms with Crippen LogP contribution in [0.2, 0.25) is 0 Å². The van der Waals surface area contributed by atoms with Crippen molar-refractivity contribution in [2.45, 2.75) is 18.4 Å². The maximum atomic E-state index is 11.0. The minimum absolute atomic E-state index is 0.446. The predicted molar refractivity (Wildman–Crippen MR) is 52.7 cm³/mol. The lowest BCUT2D eigenvalue weighted by Gasteiger charge is -2.19. The lowest BCUT2D eigenvalue weighted by Crippen LogP contribution is -2.42. The minimum Gasteiger partial charge on any atom is -0.480 e. The van der Waals surface area contributed by atoms with Gasteiger partial charge in [-0.3, -0.25) is 0 Å². The second-order valence-corrected chi connectivity index (χ2v) is 3.69. The molecule has 1 atom stereocenters. The number of fused-ring (bicyclic) bond motifs is 1. The SMILES string of the molecule is Nc1ccc2c(c1)CC[C@]2(N)C(=O)O. The first-order chi connectivity index (χ1) is 6.54. The van der Waals surface area contributed by atoms with Gasteiger partial charge in [-0.05, 0) is 36.1 Å². The smallest absolute Gasteiger partial charge is 0.328 e. The van der Waals surface area contributed by atoms with Crippen molar-refractivity contribution in [1.82, 2.24) is 0 Å². The summed E-state index contributed by atoms with van der Waals surface area (Å²) in [6.45, 7) is 0. The van der Waals surface area contributed by atoms with E-state index in [9.17, 15) is 4.79 Å². The Bertz CT molecular complexity index is 403. The fraction of sp³-hybridized carbons (Fsp3) is 0.300. The van der Waals surface area contributed by atoms with Crippen molar-refractivity contribution in [3.63, 3.8) is 0 Å². The number of anilines is 1. The number of aliphatic carboxylic acids is 1. The molecule has 1 aliphatic carbocycles. The molecule has 0 unspecified atom stereocenters. The van der Waals surface area contributed by atoms with E-state index < -0.39 is 11.5 Å². The molecule has 74 valence electrons. The average molecular weight is 192 g/mol. The zero-order chi connectivity index (χ0) is 10.3. The van der Waals surface area contributed by atoms with E-state index in [1.165, 1.54) is 0 Å². The number of hydrogen-bond acceptors (Lipinski definition) is 3. The molecule has 1 aliphatic rings. The van der Waals surface area contributed by atoms with Crippen LogP contribution >= 0.6 is 0 Å². The fourth-order valence-corrected chi connectivity index (χ4v) is 1.94. The van der Waals surface area contributed by atoms with Crippen molar-refractivity contribution in [2.24, 2.45) is 5.73 Å². The lowest BCUT2D eigenvalue weighted by atomic mass is 9.93. The summed E-state index contributed by atoms with van der Waals surface area (Å²) in [5.41, 5.74) is 12.5. The molecule has 0 bridgehead atoms. The normalized spacial score (nSPS) is 24.6. The number of benzene rings is 1. The Balaban J connectivity index is 2.55. The molecule has 5 N–H and O–H groups in total. The molecule has 0 amide bonds. The van der Waals surface area contributed by atoms with Gasteiger partial charge in [-0.15, -0.1) is 0 Å². The van der Waals surface area contributed by atoms with E-state index in [1.807, 2.05) is 0 Å². The summed E-state index contributed by atoms with van der Waals surface area (Å²) in [5.74, 6) is -0.971. The Morgan fingerprint density at radius 3 is 2.86 bits per heavy atom. The summed E-state index contributed by atoms with van der Waals surface area (Å²) in [5, 5.41) is 9.03. The second-order valence-electron chi connectivity index (χ2n) is 3.69. The first-order valence-electron chi connectivity index (χ1n) is 4.45. The summed E-state index contributed by atoms with van der Waals surface area (Å²) < 4.78 is 0. The number of carboxylic acid groups (broad SMARTS) is 1. The Morgan fingerprint density at radius 1 is 1.50 bits per heavy atom. The maximum absolute atomic E-state index is 11.0. The van der Waals surface area contributed by atoms with Gasteiger partial charge in [-0.25, -0.2) is 4.79 Å². The van der Waals surface area contributed by atoms with Gasteiger partial charge >= 0.3 is 5.97 Å². The van der Waals surface area contributed by atoms with Crippen molar-refractivity contribution >= 4 is 11.7 Å². The van der Waals surface area contributed by atoms with E-state index >= 15 is 0 Å². The number of carbonyl (C=O) groups is 1. The van der Waals surface area contributed by atoms with Crippen molar-refractivity contribution in [3.8, 4) is 0 Å². The molecule has 0 heterocycles. The van der Waals surface area contributed by atoms with Crippen LogP contribution < -0.4 is 11.5 Å². The quantitative estimate of drug-likeness (QED) is 0.564. The number of hydrogen-bond donors (Lipinski definition) is 3. The Kier molecular flexibility index (Phi) is 1.75. The minimum atomic E-state index is -1.22. The van der Waals surface area contributed by atoms with Crippen LogP contribution in [0.4, 0.5) is 5.69 Å². The van der Waals surface area contributed by atoms with Crippen LogP contribution in [0.3, 0.4) is 0 Å². The molecule has 14 heavy (non-hydrogen) atoms. The van der Waals surface area contributed by atoms with Crippen LogP contribution in [0.25, 0.3) is 0 Å². The number of carboxylic acids is 1. The van der Waals surface area contributed by atoms with Crippen LogP contribution in [0.1, 0.15) is 17.5 Å². The van der Waals surface area contributed by atoms with Crippen LogP contribution in [-0.2, 0) is 16.8 Å². The van der Waals surface area contributed by atoms with Crippen molar-refractivity contribution < 1.29 is 9.90 Å². The zero-order valence-electron chi connectivity index (χ0n) is 7.66. The largest absolute Gasteiger partial charge is 0.480 e. The van der Waals surface area contributed by atoms with Gasteiger partial charge in [0.2, 0.25) is 0 Å². The third-order valence-electron chi connectivity index (χ3n) is 2.78. The van der Waals surface area contributed by atoms with Gasteiger partial charge in [0, 0.05) is 5.69 Å². The van der Waals surface area contributed by atoms with Crippen LogP contribution in [-0.4, -0.2) is 11.1 Å². The second kappa shape index (κ2) is 2.72. The number of nitrogen functional groups attached to an aromatic ring is 1. The monoisotopic (exact) mass is 192 g/mol. The molecule has 0 fully saturated rings. The number of nitrogens with two attached hydrogens (primary N) is 2. The first kappa shape index (κ1) is 9.02. The molecule has 0 aromatic heterocycles. The summed E-state index contributed by atoms with van der Waals surface area (Å²) in [6.07, 6.45) is 1.13. The van der Waals surface area contributed by atoms with E-state index in [1.54, 1.807) is 18.2 Å². The molecule has 0 saturated carbocycles. The van der Waals surface area contributed by atoms with Gasteiger partial charge in [0.05, 0.1) is 0 Å². The van der Waals surface area contributed by atoms with Gasteiger partial charge in [0.25, 0.3) is 0 Å². The summed E-state index contributed by atoms with van der Waals surface area (Å²) in [7, 11) is 0. The highest BCUT2D eigenvalue weighted by molar-refractivity contribution is 5.82. The maximum Gasteiger partial charge on any atom is 0.328 e. The highest BCUT2D eigenvalue weighted by atomic mass is 16.4. The predicted octanol–water partition coefficient (Wildman–Crippen LogP) is 0.454. The summed E-state index contributed by atoms with van der Waals surface area (Å²) >= 11 is 0.